The average Bonchev–Trinajstić information content (AvgIpc) is 3.40. The van der Waals surface area contributed by atoms with E-state index in [4.69, 9.17) is 10.4 Å². The van der Waals surface area contributed by atoms with Crippen molar-refractivity contribution in [2.24, 2.45) is 10.1 Å². The fraction of sp³-hybridized carbons (Fsp3) is 0.0455. The van der Waals surface area contributed by atoms with Crippen LogP contribution in [0.2, 0.25) is 0 Å². The number of nitrogens with zero attached hydrogens (tertiary/aromatic N) is 4. The summed E-state index contributed by atoms with van der Waals surface area (Å²) in [5.41, 5.74) is 3.43. The van der Waals surface area contributed by atoms with Crippen LogP contribution in [0.3, 0.4) is 0 Å². The second-order valence-electron chi connectivity index (χ2n) is 6.13. The van der Waals surface area contributed by atoms with Gasteiger partial charge in [0.2, 0.25) is 4.80 Å². The maximum atomic E-state index is 14.1. The van der Waals surface area contributed by atoms with E-state index < -0.39 is 0 Å². The van der Waals surface area contributed by atoms with Crippen LogP contribution in [0.1, 0.15) is 18.1 Å². The molecule has 0 saturated carbocycles. The highest BCUT2D eigenvalue weighted by Gasteiger charge is 2.10. The molecule has 2 aromatic carbocycles. The van der Waals surface area contributed by atoms with Gasteiger partial charge < -0.3 is 0 Å². The summed E-state index contributed by atoms with van der Waals surface area (Å²) in [5.74, 6) is -0.377. The van der Waals surface area contributed by atoms with Crippen molar-refractivity contribution in [3.05, 3.63) is 93.2 Å². The molecular weight excluding hydrogens is 403 g/mol. The van der Waals surface area contributed by atoms with Crippen molar-refractivity contribution in [2.45, 2.75) is 6.92 Å². The van der Waals surface area contributed by atoms with Crippen molar-refractivity contribution >= 4 is 34.1 Å². The first-order chi connectivity index (χ1) is 14.2. The van der Waals surface area contributed by atoms with Crippen molar-refractivity contribution in [2.75, 3.05) is 0 Å². The molecule has 4 aromatic rings. The summed E-state index contributed by atoms with van der Waals surface area (Å²) in [4.78, 5) is 6.13. The quantitative estimate of drug-likeness (QED) is 0.387. The molecule has 0 bridgehead atoms. The molecule has 0 aliphatic carbocycles. The van der Waals surface area contributed by atoms with E-state index in [2.05, 4.69) is 11.1 Å². The second kappa shape index (κ2) is 8.35. The third-order valence-corrected chi connectivity index (χ3v) is 5.92. The first kappa shape index (κ1) is 19.0. The van der Waals surface area contributed by atoms with Gasteiger partial charge in [-0.3, -0.25) is 0 Å². The Labute approximate surface area is 175 Å². The summed E-state index contributed by atoms with van der Waals surface area (Å²) < 4.78 is 15.9. The molecule has 0 aliphatic heterocycles. The van der Waals surface area contributed by atoms with Gasteiger partial charge in [0.1, 0.15) is 11.5 Å². The van der Waals surface area contributed by atoms with Gasteiger partial charge in [0, 0.05) is 5.38 Å². The zero-order valence-electron chi connectivity index (χ0n) is 15.4. The van der Waals surface area contributed by atoms with Crippen LogP contribution >= 0.6 is 22.7 Å². The van der Waals surface area contributed by atoms with Crippen LogP contribution < -0.4 is 4.80 Å². The van der Waals surface area contributed by atoms with Gasteiger partial charge in [-0.25, -0.2) is 14.1 Å². The molecule has 0 N–H and O–H groups in total. The van der Waals surface area contributed by atoms with Gasteiger partial charge in [-0.2, -0.15) is 10.4 Å². The molecule has 2 heterocycles. The van der Waals surface area contributed by atoms with Gasteiger partial charge in [0.25, 0.3) is 0 Å². The summed E-state index contributed by atoms with van der Waals surface area (Å²) in [6.07, 6.45) is 0. The van der Waals surface area contributed by atoms with E-state index >= 15 is 0 Å². The predicted octanol–water partition coefficient (Wildman–Crippen LogP) is 5.79. The Morgan fingerprint density at radius 1 is 1.03 bits per heavy atom. The number of thiazole rings is 1. The lowest BCUT2D eigenvalue weighted by Crippen LogP contribution is -2.13. The third kappa shape index (κ3) is 4.09. The standard InChI is InChI=1S/C22H15FN4S2/c1-15(17-10-8-16(13-24)9-11-17)26-27-20(21-7-4-12-28-21)14-29-22(27)25-19-6-3-2-5-18(19)23/h2-12,14H,1H3. The van der Waals surface area contributed by atoms with E-state index in [9.17, 15) is 4.39 Å². The SMILES string of the molecule is CC(=Nn1c(-c2cccs2)csc1=Nc1ccccc1F)c1ccc(C#N)cc1. The van der Waals surface area contributed by atoms with Crippen LogP contribution in [0.25, 0.3) is 10.6 Å². The number of para-hydroxylation sites is 1. The van der Waals surface area contributed by atoms with E-state index in [0.29, 0.717) is 10.4 Å². The van der Waals surface area contributed by atoms with Gasteiger partial charge in [-0.05, 0) is 48.2 Å². The Balaban J connectivity index is 1.87. The minimum atomic E-state index is -0.377. The van der Waals surface area contributed by atoms with Crippen LogP contribution in [0.4, 0.5) is 10.1 Å². The highest BCUT2D eigenvalue weighted by atomic mass is 32.1. The Morgan fingerprint density at radius 2 is 1.83 bits per heavy atom. The Hall–Kier alpha value is -3.34. The number of thiophene rings is 1. The summed E-state index contributed by atoms with van der Waals surface area (Å²) in [5, 5.41) is 17.7. The maximum Gasteiger partial charge on any atom is 0.211 e. The molecule has 0 unspecified atom stereocenters. The number of halogens is 1. The molecule has 2 aromatic heterocycles. The zero-order valence-corrected chi connectivity index (χ0v) is 17.0. The summed E-state index contributed by atoms with van der Waals surface area (Å²) in [7, 11) is 0. The van der Waals surface area contributed by atoms with Crippen LogP contribution in [-0.4, -0.2) is 10.4 Å². The smallest absolute Gasteiger partial charge is 0.211 e. The van der Waals surface area contributed by atoms with E-state index in [1.807, 2.05) is 41.9 Å². The van der Waals surface area contributed by atoms with Crippen molar-refractivity contribution < 1.29 is 4.39 Å². The molecule has 7 heteroatoms. The lowest BCUT2D eigenvalue weighted by Gasteiger charge is -2.05. The normalized spacial score (nSPS) is 12.2. The number of nitriles is 1. The molecule has 0 fully saturated rings. The lowest BCUT2D eigenvalue weighted by atomic mass is 10.1. The minimum Gasteiger partial charge on any atom is -0.217 e. The molecule has 29 heavy (non-hydrogen) atoms. The van der Waals surface area contributed by atoms with Crippen molar-refractivity contribution in [3.8, 4) is 16.6 Å². The van der Waals surface area contributed by atoms with Crippen molar-refractivity contribution in [3.63, 3.8) is 0 Å². The fourth-order valence-electron chi connectivity index (χ4n) is 2.71. The number of aromatic nitrogens is 1. The van der Waals surface area contributed by atoms with Crippen LogP contribution in [0.15, 0.2) is 81.5 Å². The Morgan fingerprint density at radius 3 is 2.52 bits per heavy atom. The van der Waals surface area contributed by atoms with E-state index in [1.165, 1.54) is 17.4 Å². The number of hydrogen-bond donors (Lipinski definition) is 0. The van der Waals surface area contributed by atoms with Gasteiger partial charge in [0.15, 0.2) is 0 Å². The molecule has 0 aliphatic rings. The lowest BCUT2D eigenvalue weighted by molar-refractivity contribution is 0.628. The molecule has 4 nitrogen and oxygen atoms in total. The molecule has 0 atom stereocenters. The van der Waals surface area contributed by atoms with Gasteiger partial charge in [-0.1, -0.05) is 30.3 Å². The van der Waals surface area contributed by atoms with Crippen LogP contribution in [0.5, 0.6) is 0 Å². The van der Waals surface area contributed by atoms with E-state index in [1.54, 1.807) is 46.3 Å². The largest absolute Gasteiger partial charge is 0.217 e. The van der Waals surface area contributed by atoms with Gasteiger partial charge in [0.05, 0.1) is 27.9 Å². The highest BCUT2D eigenvalue weighted by molar-refractivity contribution is 7.14. The minimum absolute atomic E-state index is 0.270. The van der Waals surface area contributed by atoms with Crippen LogP contribution in [0, 0.1) is 17.1 Å². The van der Waals surface area contributed by atoms with Crippen molar-refractivity contribution in [1.29, 1.82) is 5.26 Å². The topological polar surface area (TPSA) is 53.4 Å². The average molecular weight is 419 g/mol. The fourth-order valence-corrected chi connectivity index (χ4v) is 4.34. The third-order valence-electron chi connectivity index (χ3n) is 4.21. The molecular formula is C22H15FN4S2. The van der Waals surface area contributed by atoms with Gasteiger partial charge >= 0.3 is 0 Å². The Kier molecular flexibility index (Phi) is 5.47. The molecule has 0 spiro atoms. The molecule has 0 saturated heterocycles. The van der Waals surface area contributed by atoms with Crippen LogP contribution in [-0.2, 0) is 0 Å². The zero-order chi connectivity index (χ0) is 20.2. The monoisotopic (exact) mass is 418 g/mol. The van der Waals surface area contributed by atoms with E-state index in [-0.39, 0.29) is 11.5 Å². The molecule has 0 amide bonds. The predicted molar refractivity (Wildman–Crippen MR) is 116 cm³/mol. The first-order valence-corrected chi connectivity index (χ1v) is 10.5. The number of benzene rings is 2. The molecule has 4 rings (SSSR count). The van der Waals surface area contributed by atoms with E-state index in [0.717, 1.165) is 21.8 Å². The first-order valence-electron chi connectivity index (χ1n) is 8.75. The number of hydrogen-bond acceptors (Lipinski definition) is 5. The summed E-state index contributed by atoms with van der Waals surface area (Å²) in [6, 6.07) is 19.8. The summed E-state index contributed by atoms with van der Waals surface area (Å²) >= 11 is 3.01. The maximum absolute atomic E-state index is 14.1. The Bertz CT molecular complexity index is 1270. The highest BCUT2D eigenvalue weighted by Crippen LogP contribution is 2.26. The molecule has 142 valence electrons. The van der Waals surface area contributed by atoms with Gasteiger partial charge in [-0.15, -0.1) is 22.7 Å². The second-order valence-corrected chi connectivity index (χ2v) is 7.91. The number of rotatable bonds is 4. The van der Waals surface area contributed by atoms with Crippen molar-refractivity contribution in [1.82, 2.24) is 4.68 Å². The summed E-state index contributed by atoms with van der Waals surface area (Å²) in [6.45, 7) is 1.90. The molecule has 0 radical (unpaired) electrons.